The molecule has 0 fully saturated rings. The van der Waals surface area contributed by atoms with Crippen molar-refractivity contribution in [2.75, 3.05) is 24.3 Å². The minimum Gasteiger partial charge on any atom is -0.480 e. The fourth-order valence-corrected chi connectivity index (χ4v) is 3.47. The molecule has 0 spiro atoms. The Morgan fingerprint density at radius 1 is 1.00 bits per heavy atom. The van der Waals surface area contributed by atoms with Crippen LogP contribution in [0.3, 0.4) is 0 Å². The van der Waals surface area contributed by atoms with E-state index in [-0.39, 0.29) is 18.1 Å². The Hall–Kier alpha value is -1.50. The molecule has 0 saturated carbocycles. The van der Waals surface area contributed by atoms with E-state index < -0.39 is 47.9 Å². The van der Waals surface area contributed by atoms with E-state index in [2.05, 4.69) is 28.6 Å². The average molecular weight is 494 g/mol. The number of aliphatic carboxylic acids is 1. The molecule has 0 heterocycles. The van der Waals surface area contributed by atoms with Gasteiger partial charge in [-0.15, -0.1) is 0 Å². The Kier molecular flexibility index (Phi) is 16.2. The zero-order valence-electron chi connectivity index (χ0n) is 19.1. The number of unbranched alkanes of at least 4 members (excludes halogenated alkanes) is 1. The van der Waals surface area contributed by atoms with Crippen LogP contribution < -0.4 is 27.4 Å². The van der Waals surface area contributed by atoms with Gasteiger partial charge in [0.05, 0.1) is 6.04 Å². The number of carbonyl (C=O) groups excluding carboxylic acids is 3. The molecule has 0 aliphatic rings. The van der Waals surface area contributed by atoms with Gasteiger partial charge in [-0.1, -0.05) is 20.3 Å². The summed E-state index contributed by atoms with van der Waals surface area (Å²) in [5, 5.41) is 17.3. The summed E-state index contributed by atoms with van der Waals surface area (Å²) in [6.45, 7) is 4.12. The highest BCUT2D eigenvalue weighted by molar-refractivity contribution is 7.98. The van der Waals surface area contributed by atoms with Crippen LogP contribution in [-0.2, 0) is 19.2 Å². The fourth-order valence-electron chi connectivity index (χ4n) is 2.83. The molecule has 0 aliphatic carbocycles. The molecule has 5 unspecified atom stereocenters. The Morgan fingerprint density at radius 2 is 1.62 bits per heavy atom. The minimum atomic E-state index is -1.13. The maximum absolute atomic E-state index is 13.0. The van der Waals surface area contributed by atoms with E-state index in [0.29, 0.717) is 38.0 Å². The number of carboxylic acid groups (broad SMARTS) is 1. The number of nitrogens with two attached hydrogens (primary N) is 2. The Balaban J connectivity index is 5.47. The van der Waals surface area contributed by atoms with Crippen LogP contribution in [0.15, 0.2) is 0 Å². The first-order chi connectivity index (χ1) is 15.1. The summed E-state index contributed by atoms with van der Waals surface area (Å²) in [7, 11) is 0. The maximum Gasteiger partial charge on any atom is 0.326 e. The van der Waals surface area contributed by atoms with Crippen molar-refractivity contribution in [2.45, 2.75) is 70.1 Å². The summed E-state index contributed by atoms with van der Waals surface area (Å²) in [4.78, 5) is 49.6. The van der Waals surface area contributed by atoms with Crippen molar-refractivity contribution in [1.29, 1.82) is 0 Å². The van der Waals surface area contributed by atoms with Crippen molar-refractivity contribution in [2.24, 2.45) is 17.4 Å². The zero-order chi connectivity index (χ0) is 24.7. The van der Waals surface area contributed by atoms with Crippen molar-refractivity contribution in [3.05, 3.63) is 0 Å². The van der Waals surface area contributed by atoms with Crippen molar-refractivity contribution < 1.29 is 24.3 Å². The summed E-state index contributed by atoms with van der Waals surface area (Å²) in [5.41, 5.74) is 11.2. The molecule has 0 aromatic rings. The number of thioether (sulfide) groups is 1. The highest BCUT2D eigenvalue weighted by Gasteiger charge is 2.32. The van der Waals surface area contributed by atoms with Crippen LogP contribution >= 0.6 is 24.4 Å². The monoisotopic (exact) mass is 493 g/mol. The van der Waals surface area contributed by atoms with Crippen molar-refractivity contribution in [1.82, 2.24) is 16.0 Å². The molecule has 3 amide bonds. The van der Waals surface area contributed by atoms with E-state index in [0.717, 1.165) is 0 Å². The van der Waals surface area contributed by atoms with Crippen LogP contribution in [0.2, 0.25) is 0 Å². The maximum atomic E-state index is 13.0. The van der Waals surface area contributed by atoms with Gasteiger partial charge in [0.25, 0.3) is 0 Å². The van der Waals surface area contributed by atoms with Gasteiger partial charge in [0.15, 0.2) is 0 Å². The van der Waals surface area contributed by atoms with Gasteiger partial charge in [-0.2, -0.15) is 24.4 Å². The SMILES string of the molecule is CCC(C)C(NC(=O)C(N)CS)C(=O)NC(CCCCN)C(=O)NC(CCSC)C(=O)O. The molecular weight excluding hydrogens is 454 g/mol. The topological polar surface area (TPSA) is 177 Å². The molecule has 32 heavy (non-hydrogen) atoms. The Morgan fingerprint density at radius 3 is 2.12 bits per heavy atom. The van der Waals surface area contributed by atoms with Crippen LogP contribution in [0.25, 0.3) is 0 Å². The molecule has 0 radical (unpaired) electrons. The number of carboxylic acids is 1. The second kappa shape index (κ2) is 17.0. The molecule has 8 N–H and O–H groups in total. The highest BCUT2D eigenvalue weighted by atomic mass is 32.2. The molecule has 12 heteroatoms. The number of hydrogen-bond donors (Lipinski definition) is 7. The smallest absolute Gasteiger partial charge is 0.326 e. The van der Waals surface area contributed by atoms with E-state index in [1.165, 1.54) is 11.8 Å². The van der Waals surface area contributed by atoms with Crippen LogP contribution in [0.4, 0.5) is 0 Å². The third-order valence-electron chi connectivity index (χ3n) is 5.13. The van der Waals surface area contributed by atoms with E-state index in [4.69, 9.17) is 11.5 Å². The summed E-state index contributed by atoms with van der Waals surface area (Å²) in [5.74, 6) is -2.27. The van der Waals surface area contributed by atoms with E-state index in [1.54, 1.807) is 0 Å². The number of thiol groups is 1. The van der Waals surface area contributed by atoms with Crippen molar-refractivity contribution in [3.63, 3.8) is 0 Å². The lowest BCUT2D eigenvalue weighted by atomic mass is 9.97. The van der Waals surface area contributed by atoms with Crippen LogP contribution in [0.5, 0.6) is 0 Å². The average Bonchev–Trinajstić information content (AvgIpc) is 2.77. The van der Waals surface area contributed by atoms with E-state index >= 15 is 0 Å². The standard InChI is InChI=1S/C20H39N5O5S2/c1-4-12(2)16(25-17(26)13(22)11-31)19(28)23-14(7-5-6-9-21)18(27)24-15(20(29)30)8-10-32-3/h12-16,31H,4-11,21-22H2,1-3H3,(H,23,28)(H,24,27)(H,25,26)(H,29,30). The molecule has 0 saturated heterocycles. The van der Waals surface area contributed by atoms with Gasteiger partial charge in [0.2, 0.25) is 17.7 Å². The normalized spacial score (nSPS) is 15.7. The van der Waals surface area contributed by atoms with Gasteiger partial charge < -0.3 is 32.5 Å². The third-order valence-corrected chi connectivity index (χ3v) is 6.17. The molecule has 10 nitrogen and oxygen atoms in total. The van der Waals surface area contributed by atoms with Crippen LogP contribution in [0, 0.1) is 5.92 Å². The Bertz CT molecular complexity index is 611. The largest absolute Gasteiger partial charge is 0.480 e. The van der Waals surface area contributed by atoms with Crippen molar-refractivity contribution >= 4 is 48.1 Å². The molecule has 186 valence electrons. The van der Waals surface area contributed by atoms with Gasteiger partial charge in [-0.05, 0) is 50.2 Å². The van der Waals surface area contributed by atoms with Gasteiger partial charge >= 0.3 is 5.97 Å². The number of hydrogen-bond acceptors (Lipinski definition) is 8. The summed E-state index contributed by atoms with van der Waals surface area (Å²) >= 11 is 5.48. The second-order valence-electron chi connectivity index (χ2n) is 7.69. The lowest BCUT2D eigenvalue weighted by Crippen LogP contribution is -2.58. The molecule has 0 aromatic carbocycles. The number of carbonyl (C=O) groups is 4. The van der Waals surface area contributed by atoms with Gasteiger partial charge in [-0.3, -0.25) is 14.4 Å². The van der Waals surface area contributed by atoms with Crippen molar-refractivity contribution in [3.8, 4) is 0 Å². The predicted molar refractivity (Wildman–Crippen MR) is 131 cm³/mol. The zero-order valence-corrected chi connectivity index (χ0v) is 20.8. The molecule has 0 bridgehead atoms. The van der Waals surface area contributed by atoms with E-state index in [1.807, 2.05) is 20.1 Å². The third kappa shape index (κ3) is 11.4. The predicted octanol–water partition coefficient (Wildman–Crippen LogP) is -0.289. The summed E-state index contributed by atoms with van der Waals surface area (Å²) in [6, 6.07) is -3.77. The summed E-state index contributed by atoms with van der Waals surface area (Å²) < 4.78 is 0. The first-order valence-corrected chi connectivity index (χ1v) is 12.8. The van der Waals surface area contributed by atoms with E-state index in [9.17, 15) is 24.3 Å². The first-order valence-electron chi connectivity index (χ1n) is 10.8. The van der Waals surface area contributed by atoms with Gasteiger partial charge in [0, 0.05) is 5.75 Å². The molecule has 0 aliphatic heterocycles. The first kappa shape index (κ1) is 30.5. The Labute approximate surface area is 200 Å². The van der Waals surface area contributed by atoms with Gasteiger partial charge in [-0.25, -0.2) is 4.79 Å². The fraction of sp³-hybridized carbons (Fsp3) is 0.800. The van der Waals surface area contributed by atoms with Gasteiger partial charge in [0.1, 0.15) is 18.1 Å². The number of nitrogens with one attached hydrogen (secondary N) is 3. The lowest BCUT2D eigenvalue weighted by Gasteiger charge is -2.28. The number of amides is 3. The van der Waals surface area contributed by atoms with Crippen LogP contribution in [-0.4, -0.2) is 77.3 Å². The minimum absolute atomic E-state index is 0.122. The highest BCUT2D eigenvalue weighted by Crippen LogP contribution is 2.11. The molecule has 5 atom stereocenters. The quantitative estimate of drug-likeness (QED) is 0.107. The number of rotatable bonds is 17. The van der Waals surface area contributed by atoms with Crippen LogP contribution in [0.1, 0.15) is 46.0 Å². The summed E-state index contributed by atoms with van der Waals surface area (Å²) in [6.07, 6.45) is 4.23. The lowest BCUT2D eigenvalue weighted by molar-refractivity contribution is -0.142. The molecular formula is C20H39N5O5S2. The molecule has 0 rings (SSSR count). The molecule has 0 aromatic heterocycles. The second-order valence-corrected chi connectivity index (χ2v) is 9.04.